The number of carbonyl (C=O) groups excluding carboxylic acids is 1. The molecule has 1 aromatic heterocycles. The minimum absolute atomic E-state index is 0.0627. The summed E-state index contributed by atoms with van der Waals surface area (Å²) < 4.78 is 0. The Balaban J connectivity index is 1.84. The molecule has 4 heteroatoms. The first-order valence-corrected chi connectivity index (χ1v) is 7.59. The third-order valence-corrected chi connectivity index (χ3v) is 4.18. The Hall–Kier alpha value is -2.85. The monoisotopic (exact) mass is 304 g/mol. The van der Waals surface area contributed by atoms with Gasteiger partial charge >= 0.3 is 0 Å². The summed E-state index contributed by atoms with van der Waals surface area (Å²) in [5.74, 6) is -0.0976. The van der Waals surface area contributed by atoms with Crippen molar-refractivity contribution in [2.45, 2.75) is 6.42 Å². The molecular formula is C19H16N2O2. The van der Waals surface area contributed by atoms with Gasteiger partial charge in [0.2, 0.25) is 0 Å². The van der Waals surface area contributed by atoms with Crippen LogP contribution in [0.5, 0.6) is 0 Å². The van der Waals surface area contributed by atoms with Crippen molar-refractivity contribution in [2.75, 3.05) is 11.9 Å². The standard InChI is InChI=1S/C19H16N2O2/c22-9-7-13-2-1-3-17-18(13)15(19(23)21-17)11-12-4-5-16-14(10-12)6-8-20-16/h1-6,8,10-11,20,22H,7,9H2,(H,21,23). The molecule has 2 aromatic carbocycles. The average molecular weight is 304 g/mol. The molecule has 0 bridgehead atoms. The zero-order chi connectivity index (χ0) is 15.8. The summed E-state index contributed by atoms with van der Waals surface area (Å²) in [5, 5.41) is 13.3. The number of benzene rings is 2. The molecule has 23 heavy (non-hydrogen) atoms. The topological polar surface area (TPSA) is 65.1 Å². The Morgan fingerprint density at radius 1 is 1.13 bits per heavy atom. The molecule has 0 unspecified atom stereocenters. The van der Waals surface area contributed by atoms with Crippen molar-refractivity contribution >= 4 is 34.1 Å². The van der Waals surface area contributed by atoms with Gasteiger partial charge in [-0.05, 0) is 53.3 Å². The minimum atomic E-state index is -0.0976. The van der Waals surface area contributed by atoms with Crippen LogP contribution in [0.4, 0.5) is 5.69 Å². The fraction of sp³-hybridized carbons (Fsp3) is 0.105. The predicted octanol–water partition coefficient (Wildman–Crippen LogP) is 3.20. The summed E-state index contributed by atoms with van der Waals surface area (Å²) in [6, 6.07) is 13.8. The third kappa shape index (κ3) is 2.33. The van der Waals surface area contributed by atoms with E-state index in [9.17, 15) is 9.90 Å². The van der Waals surface area contributed by atoms with E-state index in [1.165, 1.54) is 0 Å². The molecule has 4 nitrogen and oxygen atoms in total. The molecule has 1 aliphatic heterocycles. The molecule has 4 rings (SSSR count). The molecule has 0 saturated carbocycles. The average Bonchev–Trinajstić information content (AvgIpc) is 3.13. The number of anilines is 1. The van der Waals surface area contributed by atoms with Crippen molar-refractivity contribution in [3.05, 3.63) is 65.4 Å². The van der Waals surface area contributed by atoms with E-state index in [4.69, 9.17) is 0 Å². The van der Waals surface area contributed by atoms with Gasteiger partial charge in [0.05, 0.1) is 0 Å². The maximum Gasteiger partial charge on any atom is 0.256 e. The highest BCUT2D eigenvalue weighted by molar-refractivity contribution is 6.35. The van der Waals surface area contributed by atoms with Gasteiger partial charge in [0.25, 0.3) is 5.91 Å². The number of rotatable bonds is 3. The van der Waals surface area contributed by atoms with Crippen LogP contribution < -0.4 is 5.32 Å². The molecule has 3 aromatic rings. The highest BCUT2D eigenvalue weighted by Gasteiger charge is 2.26. The molecule has 1 amide bonds. The van der Waals surface area contributed by atoms with Crippen LogP contribution in [-0.4, -0.2) is 22.6 Å². The Morgan fingerprint density at radius 2 is 2.04 bits per heavy atom. The first-order valence-electron chi connectivity index (χ1n) is 7.59. The second kappa shape index (κ2) is 5.41. The highest BCUT2D eigenvalue weighted by Crippen LogP contribution is 2.36. The van der Waals surface area contributed by atoms with Gasteiger partial charge in [-0.1, -0.05) is 18.2 Å². The van der Waals surface area contributed by atoms with Crippen molar-refractivity contribution in [2.24, 2.45) is 0 Å². The zero-order valence-electron chi connectivity index (χ0n) is 12.5. The van der Waals surface area contributed by atoms with Crippen LogP contribution in [0.1, 0.15) is 16.7 Å². The first-order chi connectivity index (χ1) is 11.3. The second-order valence-electron chi connectivity index (χ2n) is 5.65. The lowest BCUT2D eigenvalue weighted by atomic mass is 9.96. The van der Waals surface area contributed by atoms with Crippen LogP contribution >= 0.6 is 0 Å². The Kier molecular flexibility index (Phi) is 3.24. The van der Waals surface area contributed by atoms with Gasteiger partial charge in [-0.25, -0.2) is 0 Å². The second-order valence-corrected chi connectivity index (χ2v) is 5.65. The number of hydrogen-bond acceptors (Lipinski definition) is 2. The lowest BCUT2D eigenvalue weighted by Crippen LogP contribution is -2.03. The predicted molar refractivity (Wildman–Crippen MR) is 92.0 cm³/mol. The van der Waals surface area contributed by atoms with Crippen molar-refractivity contribution in [1.82, 2.24) is 4.98 Å². The van der Waals surface area contributed by atoms with E-state index in [-0.39, 0.29) is 12.5 Å². The lowest BCUT2D eigenvalue weighted by Gasteiger charge is -2.06. The van der Waals surface area contributed by atoms with Crippen LogP contribution in [0.3, 0.4) is 0 Å². The molecule has 114 valence electrons. The summed E-state index contributed by atoms with van der Waals surface area (Å²) in [4.78, 5) is 15.5. The Bertz CT molecular complexity index is 937. The molecule has 1 aliphatic rings. The number of H-pyrrole nitrogens is 1. The van der Waals surface area contributed by atoms with E-state index in [0.717, 1.165) is 33.3 Å². The van der Waals surface area contributed by atoms with Crippen LogP contribution in [0.15, 0.2) is 48.7 Å². The van der Waals surface area contributed by atoms with Crippen molar-refractivity contribution in [3.63, 3.8) is 0 Å². The fourth-order valence-corrected chi connectivity index (χ4v) is 3.12. The van der Waals surface area contributed by atoms with Gasteiger partial charge in [0.1, 0.15) is 0 Å². The number of aromatic nitrogens is 1. The number of hydrogen-bond donors (Lipinski definition) is 3. The molecule has 2 heterocycles. The molecule has 0 aliphatic carbocycles. The summed E-state index contributed by atoms with van der Waals surface area (Å²) in [6.07, 6.45) is 4.35. The van der Waals surface area contributed by atoms with E-state index in [1.54, 1.807) is 0 Å². The van der Waals surface area contributed by atoms with E-state index in [1.807, 2.05) is 48.7 Å². The number of fused-ring (bicyclic) bond motifs is 2. The van der Waals surface area contributed by atoms with Gasteiger partial charge < -0.3 is 15.4 Å². The molecule has 3 N–H and O–H groups in total. The molecule has 0 saturated heterocycles. The number of nitrogens with one attached hydrogen (secondary N) is 2. The van der Waals surface area contributed by atoms with Crippen molar-refractivity contribution < 1.29 is 9.90 Å². The molecule has 0 fully saturated rings. The lowest BCUT2D eigenvalue weighted by molar-refractivity contribution is -0.110. The number of amides is 1. The van der Waals surface area contributed by atoms with Gasteiger partial charge in [0.15, 0.2) is 0 Å². The smallest absolute Gasteiger partial charge is 0.256 e. The number of aliphatic hydroxyl groups excluding tert-OH is 1. The number of aromatic amines is 1. The van der Waals surface area contributed by atoms with Crippen LogP contribution in [0.2, 0.25) is 0 Å². The number of carbonyl (C=O) groups is 1. The van der Waals surface area contributed by atoms with E-state index in [2.05, 4.69) is 16.4 Å². The van der Waals surface area contributed by atoms with Gasteiger partial charge in [0, 0.05) is 35.1 Å². The van der Waals surface area contributed by atoms with E-state index in [0.29, 0.717) is 12.0 Å². The summed E-state index contributed by atoms with van der Waals surface area (Å²) >= 11 is 0. The molecule has 0 atom stereocenters. The summed E-state index contributed by atoms with van der Waals surface area (Å²) in [6.45, 7) is 0.0627. The normalized spacial score (nSPS) is 15.2. The van der Waals surface area contributed by atoms with Crippen molar-refractivity contribution in [1.29, 1.82) is 0 Å². The minimum Gasteiger partial charge on any atom is -0.396 e. The quantitative estimate of drug-likeness (QED) is 0.651. The fourth-order valence-electron chi connectivity index (χ4n) is 3.12. The molecular weight excluding hydrogens is 288 g/mol. The van der Waals surface area contributed by atoms with E-state index < -0.39 is 0 Å². The third-order valence-electron chi connectivity index (χ3n) is 4.18. The zero-order valence-corrected chi connectivity index (χ0v) is 12.5. The highest BCUT2D eigenvalue weighted by atomic mass is 16.3. The van der Waals surface area contributed by atoms with Gasteiger partial charge in [-0.3, -0.25) is 4.79 Å². The van der Waals surface area contributed by atoms with Crippen molar-refractivity contribution in [3.8, 4) is 0 Å². The maximum absolute atomic E-state index is 12.4. The Morgan fingerprint density at radius 3 is 2.91 bits per heavy atom. The summed E-state index contributed by atoms with van der Waals surface area (Å²) in [5.41, 5.74) is 5.41. The molecule has 0 radical (unpaired) electrons. The first kappa shape index (κ1) is 13.8. The van der Waals surface area contributed by atoms with Crippen LogP contribution in [0.25, 0.3) is 22.6 Å². The van der Waals surface area contributed by atoms with Crippen LogP contribution in [0, 0.1) is 0 Å². The molecule has 0 spiro atoms. The maximum atomic E-state index is 12.4. The van der Waals surface area contributed by atoms with Gasteiger partial charge in [-0.15, -0.1) is 0 Å². The summed E-state index contributed by atoms with van der Waals surface area (Å²) in [7, 11) is 0. The largest absolute Gasteiger partial charge is 0.396 e. The van der Waals surface area contributed by atoms with Crippen LogP contribution in [-0.2, 0) is 11.2 Å². The van der Waals surface area contributed by atoms with Gasteiger partial charge in [-0.2, -0.15) is 0 Å². The van der Waals surface area contributed by atoms with E-state index >= 15 is 0 Å². The number of aliphatic hydroxyl groups is 1. The Labute approximate surface area is 133 Å². The SMILES string of the molecule is O=C1Nc2cccc(CCO)c2C1=Cc1ccc2[nH]ccc2c1.